The van der Waals surface area contributed by atoms with Crippen LogP contribution in [0, 0.1) is 0 Å². The molecular formula is C56H98O35. The zero-order valence-electron chi connectivity index (χ0n) is 53.7. The van der Waals surface area contributed by atoms with Gasteiger partial charge in [-0.3, -0.25) is 0 Å². The van der Waals surface area contributed by atoms with Gasteiger partial charge in [-0.25, -0.2) is 0 Å². The van der Waals surface area contributed by atoms with Crippen molar-refractivity contribution < 1.29 is 168 Å². The van der Waals surface area contributed by atoms with Crippen LogP contribution in [-0.4, -0.2) is 396 Å². The van der Waals surface area contributed by atoms with Crippen LogP contribution in [0.2, 0.25) is 0 Å². The number of ether oxygens (including phenoxy) is 28. The summed E-state index contributed by atoms with van der Waals surface area (Å²) >= 11 is 0. The van der Waals surface area contributed by atoms with Crippen molar-refractivity contribution in [2.24, 2.45) is 0 Å². The highest BCUT2D eigenvalue weighted by Crippen LogP contribution is 2.41. The van der Waals surface area contributed by atoms with Crippen LogP contribution >= 0.6 is 0 Å². The van der Waals surface area contributed by atoms with Gasteiger partial charge < -0.3 is 168 Å². The van der Waals surface area contributed by atoms with E-state index in [1.54, 1.807) is 0 Å². The van der Waals surface area contributed by atoms with Crippen molar-refractivity contribution in [3.8, 4) is 0 Å². The van der Waals surface area contributed by atoms with Crippen molar-refractivity contribution in [1.82, 2.24) is 0 Å². The van der Waals surface area contributed by atoms with E-state index >= 15 is 0 Å². The molecule has 35 atom stereocenters. The summed E-state index contributed by atoms with van der Waals surface area (Å²) in [5.74, 6) is 0. The van der Waals surface area contributed by atoms with Gasteiger partial charge in [-0.05, 0) is 0 Å². The number of hydrogen-bond donors (Lipinski definition) is 7. The molecule has 0 aromatic heterocycles. The van der Waals surface area contributed by atoms with Gasteiger partial charge >= 0.3 is 0 Å². The number of hydrogen-bond acceptors (Lipinski definition) is 35. The van der Waals surface area contributed by atoms with Crippen molar-refractivity contribution in [2.75, 3.05) is 146 Å². The highest BCUT2D eigenvalue weighted by Gasteiger charge is 2.61. The van der Waals surface area contributed by atoms with Gasteiger partial charge in [0.15, 0.2) is 44.0 Å². The van der Waals surface area contributed by atoms with Gasteiger partial charge in [0, 0.05) is 99.5 Å². The monoisotopic (exact) mass is 1330 g/mol. The molecule has 91 heavy (non-hydrogen) atoms. The third-order valence-corrected chi connectivity index (χ3v) is 17.6. The molecular weight excluding hydrogens is 1230 g/mol. The van der Waals surface area contributed by atoms with Crippen LogP contribution in [0.5, 0.6) is 0 Å². The molecule has 35 heteroatoms. The Morgan fingerprint density at radius 3 is 0.385 bits per heavy atom. The lowest BCUT2D eigenvalue weighted by Crippen LogP contribution is -2.69. The third-order valence-electron chi connectivity index (χ3n) is 17.6. The molecule has 0 aromatic rings. The van der Waals surface area contributed by atoms with Crippen LogP contribution in [-0.2, 0) is 133 Å². The average molecular weight is 1330 g/mol. The van der Waals surface area contributed by atoms with E-state index in [1.807, 2.05) is 0 Å². The number of rotatable bonds is 21. The first kappa shape index (κ1) is 75.4. The van der Waals surface area contributed by atoms with Gasteiger partial charge in [-0.2, -0.15) is 0 Å². The predicted molar refractivity (Wildman–Crippen MR) is 295 cm³/mol. The molecule has 21 saturated heterocycles. The summed E-state index contributed by atoms with van der Waals surface area (Å²) < 4.78 is 171. The molecule has 21 fully saturated rings. The van der Waals surface area contributed by atoms with E-state index in [0.29, 0.717) is 0 Å². The van der Waals surface area contributed by atoms with E-state index in [-0.39, 0.29) is 46.2 Å². The van der Waals surface area contributed by atoms with E-state index in [4.69, 9.17) is 133 Å². The molecule has 0 aliphatic carbocycles. The van der Waals surface area contributed by atoms with Crippen molar-refractivity contribution in [3.05, 3.63) is 0 Å². The van der Waals surface area contributed by atoms with Crippen molar-refractivity contribution in [1.29, 1.82) is 0 Å². The largest absolute Gasteiger partial charge is 0.387 e. The Morgan fingerprint density at radius 1 is 0.187 bits per heavy atom. The van der Waals surface area contributed by atoms with E-state index in [0.717, 1.165) is 0 Å². The van der Waals surface area contributed by atoms with Crippen LogP contribution in [0.25, 0.3) is 0 Å². The lowest BCUT2D eigenvalue weighted by molar-refractivity contribution is -0.400. The maximum atomic E-state index is 12.3. The lowest BCUT2D eigenvalue weighted by Gasteiger charge is -2.51. The Balaban J connectivity index is 1.17. The van der Waals surface area contributed by atoms with Crippen LogP contribution in [0.15, 0.2) is 0 Å². The fraction of sp³-hybridized carbons (Fsp3) is 1.00. The van der Waals surface area contributed by atoms with E-state index in [2.05, 4.69) is 0 Å². The van der Waals surface area contributed by atoms with E-state index < -0.39 is 215 Å². The molecule has 0 saturated carbocycles. The summed E-state index contributed by atoms with van der Waals surface area (Å²) in [7, 11) is 18.7. The predicted octanol–water partition coefficient (Wildman–Crippen LogP) is -6.07. The SMILES string of the molecule is COC[C@H]1O[C@@H]2O[C@H]3[C@H](O)[C@@H](OC)[C@@H](O[C@H]4[C@H](O)[C@@H](OC)[C@@H](O[C@H]5[C@@H](O)[C@@H](OC)[C@@H](O[C@H]6[C@H](O)[C@@H](OC)[C@@H](O[C@H]7[C@H](O)[C@@H](OC)[C@@H](O[C@H]8[C@H](O)[C@@H](OC)[C@@H](O[C@H]1[C@H](O)[C@H]2OC)O[C@@H]8COC)O[C@@H]7COC)O[C@@H]6COC)O[C@@H]5COC)O[C@@H]4COC)O[C@@H]3COC. The van der Waals surface area contributed by atoms with Gasteiger partial charge in [-0.1, -0.05) is 0 Å². The minimum Gasteiger partial charge on any atom is -0.387 e. The molecule has 21 heterocycles. The fourth-order valence-electron chi connectivity index (χ4n) is 13.1. The first-order valence-corrected chi connectivity index (χ1v) is 30.0. The standard InChI is InChI=1S/C56H98O35/c1-64-15-22-36-29(57)43(71-8)50(78-22)86-37-23(16-65-2)80-52(45(73-10)30(37)58)88-39-25(18-67-4)82-54(47(75-12)32(39)60)90-41-27(20-69-6)84-56(49(77-14)34(41)62)91-42-28(21-70-7)83-55(48(76-13)35(42)63)89-40-26(19-68-5)81-53(46(74-11)33(40)61)87-38-24(17-66-3)79-51(85-36)44(72-9)31(38)59/h22-63H,15-21H2,1-14H3/t22-,23-,24-,25-,26-,27-,28-,29-,30+,31+,32+,33+,34+,35+,36-,37-,38-,39-,40-,41-,42-,43-,44-,45-,46-,47-,48-,49-,50-,51-,52-,53-,54-,55-,56-/m1/s1. The molecule has 0 aromatic carbocycles. The molecule has 14 bridgehead atoms. The molecule has 0 amide bonds. The average Bonchev–Trinajstić information content (AvgIpc) is 0.810. The van der Waals surface area contributed by atoms with E-state index in [1.165, 1.54) is 99.5 Å². The Labute approximate surface area is 528 Å². The molecule has 0 unspecified atom stereocenters. The zero-order valence-corrected chi connectivity index (χ0v) is 53.7. The lowest BCUT2D eigenvalue weighted by atomic mass is 9.95. The second kappa shape index (κ2) is 35.4. The summed E-state index contributed by atoms with van der Waals surface area (Å²) in [6.45, 7) is -1.59. The molecule has 0 spiro atoms. The van der Waals surface area contributed by atoms with Crippen LogP contribution in [0.4, 0.5) is 0 Å². The second-order valence-electron chi connectivity index (χ2n) is 23.0. The maximum Gasteiger partial charge on any atom is 0.187 e. The summed E-state index contributed by atoms with van der Waals surface area (Å²) in [4.78, 5) is 0. The minimum atomic E-state index is -1.62. The van der Waals surface area contributed by atoms with Gasteiger partial charge in [0.25, 0.3) is 0 Å². The van der Waals surface area contributed by atoms with Gasteiger partial charge in [0.1, 0.15) is 171 Å². The van der Waals surface area contributed by atoms with Gasteiger partial charge in [-0.15, -0.1) is 0 Å². The highest BCUT2D eigenvalue weighted by atomic mass is 16.8. The number of aliphatic hydroxyl groups is 7. The van der Waals surface area contributed by atoms with Crippen molar-refractivity contribution in [2.45, 2.75) is 215 Å². The Kier molecular flexibility index (Phi) is 29.3. The molecule has 21 aliphatic rings. The molecule has 21 rings (SSSR count). The summed E-state index contributed by atoms with van der Waals surface area (Å²) in [6.07, 6.45) is -49.4. The van der Waals surface area contributed by atoms with Crippen LogP contribution in [0.1, 0.15) is 0 Å². The molecule has 35 nitrogen and oxygen atoms in total. The van der Waals surface area contributed by atoms with Gasteiger partial charge in [0.2, 0.25) is 0 Å². The van der Waals surface area contributed by atoms with Crippen molar-refractivity contribution >= 4 is 0 Å². The second-order valence-corrected chi connectivity index (χ2v) is 23.0. The zero-order chi connectivity index (χ0) is 66.0. The maximum absolute atomic E-state index is 12.3. The molecule has 532 valence electrons. The number of aliphatic hydroxyl groups excluding tert-OH is 7. The Morgan fingerprint density at radius 2 is 0.297 bits per heavy atom. The van der Waals surface area contributed by atoms with Gasteiger partial charge in [0.05, 0.1) is 46.2 Å². The quantitative estimate of drug-likeness (QED) is 0.0562. The molecule has 21 aliphatic heterocycles. The smallest absolute Gasteiger partial charge is 0.187 e. The molecule has 0 radical (unpaired) electrons. The Hall–Kier alpha value is -1.40. The normalized spacial score (nSPS) is 48.7. The Bertz CT molecular complexity index is 1680. The number of methoxy groups -OCH3 is 14. The fourth-order valence-corrected chi connectivity index (χ4v) is 13.1. The first-order valence-electron chi connectivity index (χ1n) is 30.0. The molecule has 7 N–H and O–H groups in total. The van der Waals surface area contributed by atoms with Crippen molar-refractivity contribution in [3.63, 3.8) is 0 Å². The third kappa shape index (κ3) is 16.3. The summed E-state index contributed by atoms with van der Waals surface area (Å²) in [5.41, 5.74) is 0. The van der Waals surface area contributed by atoms with E-state index in [9.17, 15) is 35.7 Å². The van der Waals surface area contributed by atoms with Crippen LogP contribution in [0.3, 0.4) is 0 Å². The van der Waals surface area contributed by atoms with Crippen LogP contribution < -0.4 is 0 Å². The first-order chi connectivity index (χ1) is 43.9. The minimum absolute atomic E-state index is 0.227. The topological polar surface area (TPSA) is 400 Å². The summed E-state index contributed by atoms with van der Waals surface area (Å²) in [5, 5.41) is 86.2. The highest BCUT2D eigenvalue weighted by molar-refractivity contribution is 5.03. The summed E-state index contributed by atoms with van der Waals surface area (Å²) in [6, 6.07) is 0.